The number of amides is 2. The molecule has 1 saturated heterocycles. The third-order valence-corrected chi connectivity index (χ3v) is 7.90. The number of non-ortho nitro benzene ring substituents is 1. The number of imide groups is 1. The highest BCUT2D eigenvalue weighted by molar-refractivity contribution is 9.10. The predicted octanol–water partition coefficient (Wildman–Crippen LogP) is 5.67. The Balaban J connectivity index is 1.49. The van der Waals surface area contributed by atoms with E-state index in [9.17, 15) is 28.1 Å². The van der Waals surface area contributed by atoms with Gasteiger partial charge in [-0.3, -0.25) is 24.6 Å². The van der Waals surface area contributed by atoms with E-state index in [1.54, 1.807) is 24.3 Å². The zero-order valence-electron chi connectivity index (χ0n) is 18.6. The molecule has 0 saturated carbocycles. The summed E-state index contributed by atoms with van der Waals surface area (Å²) in [5, 5.41) is 10.3. The number of hydrogen-bond donors (Lipinski definition) is 0. The Bertz CT molecular complexity index is 1500. The number of benzene rings is 3. The largest absolute Gasteiger partial charge is 0.378 e. The van der Waals surface area contributed by atoms with Crippen molar-refractivity contribution in [1.82, 2.24) is 4.90 Å². The van der Waals surface area contributed by atoms with Crippen LogP contribution in [0.1, 0.15) is 16.7 Å². The smallest absolute Gasteiger partial charge is 0.339 e. The fraction of sp³-hybridized carbons (Fsp3) is 0.0833. The van der Waals surface area contributed by atoms with Crippen molar-refractivity contribution in [2.24, 2.45) is 0 Å². The molecule has 184 valence electrons. The Morgan fingerprint density at radius 3 is 2.33 bits per heavy atom. The molecule has 9 nitrogen and oxygen atoms in total. The summed E-state index contributed by atoms with van der Waals surface area (Å²) in [6, 6.07) is 16.4. The number of carbonyl (C=O) groups excluding carboxylic acids is 2. The van der Waals surface area contributed by atoms with Crippen LogP contribution in [0.15, 0.2) is 81.0 Å². The number of thioether (sulfide) groups is 1. The van der Waals surface area contributed by atoms with E-state index in [-0.39, 0.29) is 27.8 Å². The maximum absolute atomic E-state index is 12.8. The monoisotopic (exact) mass is 588 g/mol. The second kappa shape index (κ2) is 10.2. The molecule has 4 rings (SSSR count). The van der Waals surface area contributed by atoms with Gasteiger partial charge in [-0.2, -0.15) is 8.42 Å². The maximum atomic E-state index is 12.8. The Morgan fingerprint density at radius 2 is 1.72 bits per heavy atom. The summed E-state index contributed by atoms with van der Waals surface area (Å²) in [5.74, 6) is -0.430. The number of nitro benzene ring substituents is 1. The van der Waals surface area contributed by atoms with Gasteiger partial charge in [0, 0.05) is 12.1 Å². The van der Waals surface area contributed by atoms with Crippen LogP contribution in [-0.4, -0.2) is 29.4 Å². The Kier molecular flexibility index (Phi) is 7.29. The molecule has 0 N–H and O–H groups in total. The number of hydrogen-bond acceptors (Lipinski definition) is 8. The number of nitrogens with zero attached hydrogens (tertiary/aromatic N) is 2. The molecule has 36 heavy (non-hydrogen) atoms. The Hall–Kier alpha value is -3.48. The summed E-state index contributed by atoms with van der Waals surface area (Å²) in [6.45, 7) is 1.82. The summed E-state index contributed by atoms with van der Waals surface area (Å²) in [4.78, 5) is 36.8. The molecule has 3 aromatic rings. The van der Waals surface area contributed by atoms with E-state index in [1.807, 2.05) is 6.92 Å². The first kappa shape index (κ1) is 25.6. The third-order valence-electron chi connectivity index (χ3n) is 5.12. The quantitative estimate of drug-likeness (QED) is 0.150. The van der Waals surface area contributed by atoms with Crippen molar-refractivity contribution in [3.8, 4) is 5.75 Å². The molecule has 1 aliphatic rings. The summed E-state index contributed by atoms with van der Waals surface area (Å²) in [6.07, 6.45) is 1.52. The topological polar surface area (TPSA) is 124 Å². The van der Waals surface area contributed by atoms with E-state index >= 15 is 0 Å². The first-order valence-corrected chi connectivity index (χ1v) is 13.3. The highest BCUT2D eigenvalue weighted by Gasteiger charge is 2.35. The van der Waals surface area contributed by atoms with Gasteiger partial charge in [-0.1, -0.05) is 35.9 Å². The van der Waals surface area contributed by atoms with Gasteiger partial charge in [0.2, 0.25) is 0 Å². The molecule has 0 spiro atoms. The molecule has 0 aliphatic carbocycles. The van der Waals surface area contributed by atoms with Gasteiger partial charge in [0.05, 0.1) is 20.8 Å². The average molecular weight is 589 g/mol. The van der Waals surface area contributed by atoms with E-state index in [0.29, 0.717) is 15.6 Å². The number of nitro groups is 1. The summed E-state index contributed by atoms with van der Waals surface area (Å²) in [5.41, 5.74) is 1.94. The van der Waals surface area contributed by atoms with Gasteiger partial charge in [-0.15, -0.1) is 0 Å². The van der Waals surface area contributed by atoms with E-state index < -0.39 is 26.2 Å². The predicted molar refractivity (Wildman–Crippen MR) is 138 cm³/mol. The van der Waals surface area contributed by atoms with Crippen molar-refractivity contribution in [3.63, 3.8) is 0 Å². The minimum Gasteiger partial charge on any atom is -0.378 e. The van der Waals surface area contributed by atoms with Gasteiger partial charge in [-0.25, -0.2) is 0 Å². The van der Waals surface area contributed by atoms with Gasteiger partial charge in [-0.05, 0) is 76.1 Å². The van der Waals surface area contributed by atoms with Crippen molar-refractivity contribution in [2.75, 3.05) is 0 Å². The van der Waals surface area contributed by atoms with Crippen molar-refractivity contribution in [2.45, 2.75) is 18.4 Å². The van der Waals surface area contributed by atoms with Crippen LogP contribution in [0, 0.1) is 17.0 Å². The van der Waals surface area contributed by atoms with Crippen molar-refractivity contribution >= 4 is 60.7 Å². The van der Waals surface area contributed by atoms with Crippen molar-refractivity contribution < 1.29 is 27.1 Å². The minimum absolute atomic E-state index is 0.0192. The number of aryl methyl sites for hydroxylation is 1. The van der Waals surface area contributed by atoms with Gasteiger partial charge in [0.25, 0.3) is 16.8 Å². The van der Waals surface area contributed by atoms with Crippen molar-refractivity contribution in [1.29, 1.82) is 0 Å². The van der Waals surface area contributed by atoms with E-state index in [4.69, 9.17) is 4.18 Å². The molecule has 1 aliphatic heterocycles. The first-order chi connectivity index (χ1) is 17.0. The average Bonchev–Trinajstić information content (AvgIpc) is 3.08. The third kappa shape index (κ3) is 5.66. The lowest BCUT2D eigenvalue weighted by molar-refractivity contribution is -0.384. The van der Waals surface area contributed by atoms with Crippen LogP contribution in [0.4, 0.5) is 10.5 Å². The van der Waals surface area contributed by atoms with Crippen LogP contribution in [0.5, 0.6) is 5.75 Å². The lowest BCUT2D eigenvalue weighted by Gasteiger charge is -2.12. The molecule has 1 fully saturated rings. The summed E-state index contributed by atoms with van der Waals surface area (Å²) in [7, 11) is -4.04. The highest BCUT2D eigenvalue weighted by Crippen LogP contribution is 2.35. The number of rotatable bonds is 7. The van der Waals surface area contributed by atoms with E-state index in [0.717, 1.165) is 22.2 Å². The van der Waals surface area contributed by atoms with Gasteiger partial charge >= 0.3 is 10.1 Å². The normalized spacial score (nSPS) is 14.9. The first-order valence-electron chi connectivity index (χ1n) is 10.3. The fourth-order valence-corrected chi connectivity index (χ4v) is 5.61. The second-order valence-corrected chi connectivity index (χ2v) is 11.1. The standard InChI is InChI=1S/C24H17BrN2O7S2/c1-15-2-9-19(10-3-15)36(32,33)34-21-11-6-17(12-20(21)25)13-22-23(28)26(24(29)35-22)14-16-4-7-18(8-5-16)27(30)31/h2-13H,14H2,1H3/b22-13-. The van der Waals surface area contributed by atoms with Crippen molar-refractivity contribution in [3.05, 3.63) is 103 Å². The van der Waals surface area contributed by atoms with Crippen LogP contribution in [0.2, 0.25) is 0 Å². The molecule has 0 unspecified atom stereocenters. The SMILES string of the molecule is Cc1ccc(S(=O)(=O)Oc2ccc(/C=C3\SC(=O)N(Cc4ccc([N+](=O)[O-])cc4)C3=O)cc2Br)cc1. The molecular formula is C24H17BrN2O7S2. The molecule has 0 atom stereocenters. The number of halogens is 1. The zero-order valence-corrected chi connectivity index (χ0v) is 21.8. The van der Waals surface area contributed by atoms with E-state index in [1.165, 1.54) is 48.5 Å². The molecule has 2 amide bonds. The van der Waals surface area contributed by atoms with Crippen LogP contribution in [0.3, 0.4) is 0 Å². The molecule has 12 heteroatoms. The van der Waals surface area contributed by atoms with Crippen LogP contribution >= 0.6 is 27.7 Å². The van der Waals surface area contributed by atoms with Gasteiger partial charge in [0.15, 0.2) is 5.75 Å². The Labute approximate surface area is 219 Å². The second-order valence-electron chi connectivity index (χ2n) is 7.73. The van der Waals surface area contributed by atoms with Crippen LogP contribution in [-0.2, 0) is 21.5 Å². The lowest BCUT2D eigenvalue weighted by atomic mass is 10.2. The molecular weight excluding hydrogens is 572 g/mol. The van der Waals surface area contributed by atoms with Gasteiger partial charge in [0.1, 0.15) is 4.90 Å². The fourth-order valence-electron chi connectivity index (χ4n) is 3.24. The lowest BCUT2D eigenvalue weighted by Crippen LogP contribution is -2.27. The molecule has 0 aromatic heterocycles. The van der Waals surface area contributed by atoms with E-state index in [2.05, 4.69) is 15.9 Å². The zero-order chi connectivity index (χ0) is 26.0. The minimum atomic E-state index is -4.04. The van der Waals surface area contributed by atoms with Gasteiger partial charge < -0.3 is 4.18 Å². The Morgan fingerprint density at radius 1 is 1.06 bits per heavy atom. The highest BCUT2D eigenvalue weighted by atomic mass is 79.9. The molecule has 3 aromatic carbocycles. The van der Waals surface area contributed by atoms with Crippen LogP contribution < -0.4 is 4.18 Å². The molecule has 0 bridgehead atoms. The molecule has 1 heterocycles. The molecule has 0 radical (unpaired) electrons. The summed E-state index contributed by atoms with van der Waals surface area (Å²) >= 11 is 4.07. The number of carbonyl (C=O) groups is 2. The van der Waals surface area contributed by atoms with Crippen LogP contribution in [0.25, 0.3) is 6.08 Å². The summed E-state index contributed by atoms with van der Waals surface area (Å²) < 4.78 is 30.7. The maximum Gasteiger partial charge on any atom is 0.339 e.